The summed E-state index contributed by atoms with van der Waals surface area (Å²) in [6, 6.07) is 11.3. The van der Waals surface area contributed by atoms with Crippen LogP contribution in [0.2, 0.25) is 0 Å². The van der Waals surface area contributed by atoms with Crippen LogP contribution in [0.4, 0.5) is 0 Å². The van der Waals surface area contributed by atoms with Crippen molar-refractivity contribution >= 4 is 0 Å². The lowest BCUT2D eigenvalue weighted by molar-refractivity contribution is 0.0692. The second kappa shape index (κ2) is 9.90. The van der Waals surface area contributed by atoms with Crippen molar-refractivity contribution in [1.82, 2.24) is 10.2 Å². The van der Waals surface area contributed by atoms with Gasteiger partial charge in [-0.2, -0.15) is 0 Å². The Labute approximate surface area is 128 Å². The SMILES string of the molecule is COCCOCCNC1CCCN(Cc2ccccc2)C1. The van der Waals surface area contributed by atoms with E-state index in [9.17, 15) is 0 Å². The maximum absolute atomic E-state index is 5.49. The van der Waals surface area contributed by atoms with E-state index in [2.05, 4.69) is 40.5 Å². The van der Waals surface area contributed by atoms with E-state index < -0.39 is 0 Å². The first-order valence-corrected chi connectivity index (χ1v) is 7.95. The van der Waals surface area contributed by atoms with Gasteiger partial charge < -0.3 is 14.8 Å². The number of hydrogen-bond acceptors (Lipinski definition) is 4. The van der Waals surface area contributed by atoms with Gasteiger partial charge in [0.2, 0.25) is 0 Å². The maximum atomic E-state index is 5.49. The lowest BCUT2D eigenvalue weighted by Gasteiger charge is -2.33. The second-order valence-corrected chi connectivity index (χ2v) is 5.62. The summed E-state index contributed by atoms with van der Waals surface area (Å²) < 4.78 is 10.4. The normalized spacial score (nSPS) is 19.8. The molecular weight excluding hydrogens is 264 g/mol. The van der Waals surface area contributed by atoms with Crippen LogP contribution in [-0.2, 0) is 16.0 Å². The fourth-order valence-electron chi connectivity index (χ4n) is 2.79. The Morgan fingerprint density at radius 1 is 1.19 bits per heavy atom. The van der Waals surface area contributed by atoms with Crippen molar-refractivity contribution in [2.75, 3.05) is 46.6 Å². The third-order valence-corrected chi connectivity index (χ3v) is 3.87. The van der Waals surface area contributed by atoms with Crippen molar-refractivity contribution in [1.29, 1.82) is 0 Å². The molecule has 1 unspecified atom stereocenters. The van der Waals surface area contributed by atoms with E-state index in [0.29, 0.717) is 19.3 Å². The Bertz CT molecular complexity index is 372. The van der Waals surface area contributed by atoms with Gasteiger partial charge in [-0.25, -0.2) is 0 Å². The summed E-state index contributed by atoms with van der Waals surface area (Å²) in [5.41, 5.74) is 1.40. The molecule has 1 saturated heterocycles. The first kappa shape index (κ1) is 16.4. The second-order valence-electron chi connectivity index (χ2n) is 5.62. The van der Waals surface area contributed by atoms with Gasteiger partial charge in [-0.3, -0.25) is 4.90 Å². The average molecular weight is 292 g/mol. The molecule has 21 heavy (non-hydrogen) atoms. The van der Waals surface area contributed by atoms with Gasteiger partial charge in [0.25, 0.3) is 0 Å². The van der Waals surface area contributed by atoms with Crippen molar-refractivity contribution < 1.29 is 9.47 Å². The minimum atomic E-state index is 0.591. The topological polar surface area (TPSA) is 33.7 Å². The molecule has 4 nitrogen and oxygen atoms in total. The monoisotopic (exact) mass is 292 g/mol. The highest BCUT2D eigenvalue weighted by Crippen LogP contribution is 2.13. The van der Waals surface area contributed by atoms with E-state index in [0.717, 1.165) is 26.2 Å². The molecule has 1 fully saturated rings. The molecule has 0 spiro atoms. The Balaban J connectivity index is 1.62. The van der Waals surface area contributed by atoms with Crippen LogP contribution in [0.5, 0.6) is 0 Å². The molecule has 0 radical (unpaired) electrons. The largest absolute Gasteiger partial charge is 0.382 e. The lowest BCUT2D eigenvalue weighted by Crippen LogP contribution is -2.46. The van der Waals surface area contributed by atoms with Crippen LogP contribution >= 0.6 is 0 Å². The molecule has 0 bridgehead atoms. The quantitative estimate of drug-likeness (QED) is 0.705. The van der Waals surface area contributed by atoms with Crippen LogP contribution in [0.1, 0.15) is 18.4 Å². The van der Waals surface area contributed by atoms with Crippen LogP contribution in [0.25, 0.3) is 0 Å². The van der Waals surface area contributed by atoms with E-state index in [1.165, 1.54) is 24.9 Å². The summed E-state index contributed by atoms with van der Waals surface area (Å²) in [4.78, 5) is 2.54. The molecule has 118 valence electrons. The molecule has 1 atom stereocenters. The maximum Gasteiger partial charge on any atom is 0.0700 e. The zero-order valence-corrected chi connectivity index (χ0v) is 13.1. The lowest BCUT2D eigenvalue weighted by atomic mass is 10.0. The number of ether oxygens (including phenoxy) is 2. The Kier molecular flexibility index (Phi) is 7.75. The minimum absolute atomic E-state index is 0.591. The zero-order chi connectivity index (χ0) is 14.8. The molecule has 1 aliphatic heterocycles. The fraction of sp³-hybridized carbons (Fsp3) is 0.647. The smallest absolute Gasteiger partial charge is 0.0700 e. The highest BCUT2D eigenvalue weighted by molar-refractivity contribution is 5.14. The molecule has 2 rings (SSSR count). The van der Waals surface area contributed by atoms with Crippen LogP contribution < -0.4 is 5.32 Å². The molecular formula is C17H28N2O2. The fourth-order valence-corrected chi connectivity index (χ4v) is 2.79. The van der Waals surface area contributed by atoms with Crippen molar-refractivity contribution in [2.45, 2.75) is 25.4 Å². The predicted octanol–water partition coefficient (Wildman–Crippen LogP) is 1.90. The molecule has 0 aromatic heterocycles. The molecule has 1 aliphatic rings. The van der Waals surface area contributed by atoms with E-state index in [-0.39, 0.29) is 0 Å². The third kappa shape index (κ3) is 6.57. The van der Waals surface area contributed by atoms with Gasteiger partial charge in [-0.05, 0) is 24.9 Å². The van der Waals surface area contributed by atoms with Gasteiger partial charge in [0.05, 0.1) is 19.8 Å². The third-order valence-electron chi connectivity index (χ3n) is 3.87. The van der Waals surface area contributed by atoms with Crippen LogP contribution in [0.15, 0.2) is 30.3 Å². The van der Waals surface area contributed by atoms with Crippen molar-refractivity contribution in [3.05, 3.63) is 35.9 Å². The van der Waals surface area contributed by atoms with Gasteiger partial charge in [0, 0.05) is 32.8 Å². The highest BCUT2D eigenvalue weighted by Gasteiger charge is 2.19. The van der Waals surface area contributed by atoms with E-state index >= 15 is 0 Å². The summed E-state index contributed by atoms with van der Waals surface area (Å²) in [5.74, 6) is 0. The Morgan fingerprint density at radius 3 is 2.86 bits per heavy atom. The number of piperidine rings is 1. The van der Waals surface area contributed by atoms with Crippen LogP contribution in [-0.4, -0.2) is 57.5 Å². The standard InChI is InChI=1S/C17H28N2O2/c1-20-12-13-21-11-9-18-17-8-5-10-19(15-17)14-16-6-3-2-4-7-16/h2-4,6-7,17-18H,5,8-15H2,1H3. The van der Waals surface area contributed by atoms with E-state index in [4.69, 9.17) is 9.47 Å². The van der Waals surface area contributed by atoms with E-state index in [1.807, 2.05) is 0 Å². The zero-order valence-electron chi connectivity index (χ0n) is 13.1. The first-order chi connectivity index (χ1) is 10.4. The number of hydrogen-bond donors (Lipinski definition) is 1. The molecule has 0 aliphatic carbocycles. The van der Waals surface area contributed by atoms with Crippen LogP contribution in [0.3, 0.4) is 0 Å². The van der Waals surface area contributed by atoms with Gasteiger partial charge in [0.15, 0.2) is 0 Å². The average Bonchev–Trinajstić information content (AvgIpc) is 2.52. The van der Waals surface area contributed by atoms with E-state index in [1.54, 1.807) is 7.11 Å². The molecule has 1 aromatic rings. The van der Waals surface area contributed by atoms with Crippen molar-refractivity contribution in [2.24, 2.45) is 0 Å². The minimum Gasteiger partial charge on any atom is -0.382 e. The summed E-state index contributed by atoms with van der Waals surface area (Å²) in [5, 5.41) is 3.61. The highest BCUT2D eigenvalue weighted by atomic mass is 16.5. The molecule has 4 heteroatoms. The molecule has 1 N–H and O–H groups in total. The van der Waals surface area contributed by atoms with Gasteiger partial charge in [0.1, 0.15) is 0 Å². The van der Waals surface area contributed by atoms with Crippen molar-refractivity contribution in [3.63, 3.8) is 0 Å². The summed E-state index contributed by atoms with van der Waals surface area (Å²) in [7, 11) is 1.70. The van der Waals surface area contributed by atoms with Crippen LogP contribution in [0, 0.1) is 0 Å². The van der Waals surface area contributed by atoms with Gasteiger partial charge in [-0.15, -0.1) is 0 Å². The number of nitrogens with one attached hydrogen (secondary N) is 1. The number of methoxy groups -OCH3 is 1. The number of benzene rings is 1. The summed E-state index contributed by atoms with van der Waals surface area (Å²) in [6.45, 7) is 6.44. The molecule has 1 aromatic carbocycles. The molecule has 1 heterocycles. The number of nitrogens with zero attached hydrogens (tertiary/aromatic N) is 1. The predicted molar refractivity (Wildman–Crippen MR) is 85.4 cm³/mol. The number of likely N-dealkylation sites (tertiary alicyclic amines) is 1. The first-order valence-electron chi connectivity index (χ1n) is 7.95. The van der Waals surface area contributed by atoms with Gasteiger partial charge in [-0.1, -0.05) is 30.3 Å². The Morgan fingerprint density at radius 2 is 2.05 bits per heavy atom. The Hall–Kier alpha value is -0.940. The number of rotatable bonds is 9. The van der Waals surface area contributed by atoms with Crippen molar-refractivity contribution in [3.8, 4) is 0 Å². The molecule has 0 amide bonds. The van der Waals surface area contributed by atoms with Gasteiger partial charge >= 0.3 is 0 Å². The molecule has 0 saturated carbocycles. The summed E-state index contributed by atoms with van der Waals surface area (Å²) >= 11 is 0. The summed E-state index contributed by atoms with van der Waals surface area (Å²) in [6.07, 6.45) is 2.54.